The Hall–Kier alpha value is -0.0800. The average molecular weight is 141 g/mol. The molecule has 0 amide bonds. The van der Waals surface area contributed by atoms with Crippen LogP contribution in [0.15, 0.2) is 0 Å². The SMILES string of the molecule is [O]CC1(C2CCOC2)CC1. The Morgan fingerprint density at radius 1 is 1.50 bits per heavy atom. The van der Waals surface area contributed by atoms with Crippen LogP contribution in [0.3, 0.4) is 0 Å². The third-order valence-electron chi connectivity index (χ3n) is 2.98. The van der Waals surface area contributed by atoms with Gasteiger partial charge in [-0.2, -0.15) is 0 Å². The molecule has 1 heterocycles. The van der Waals surface area contributed by atoms with Gasteiger partial charge in [-0.15, -0.1) is 0 Å². The molecule has 2 fully saturated rings. The molecule has 0 spiro atoms. The molecule has 2 rings (SSSR count). The topological polar surface area (TPSA) is 29.1 Å². The smallest absolute Gasteiger partial charge is 0.0882 e. The van der Waals surface area contributed by atoms with Gasteiger partial charge < -0.3 is 4.74 Å². The van der Waals surface area contributed by atoms with E-state index in [1.165, 1.54) is 0 Å². The van der Waals surface area contributed by atoms with Crippen molar-refractivity contribution >= 4 is 0 Å². The number of hydrogen-bond donors (Lipinski definition) is 0. The highest BCUT2D eigenvalue weighted by molar-refractivity contribution is 4.98. The van der Waals surface area contributed by atoms with Gasteiger partial charge in [0.05, 0.1) is 13.2 Å². The third-order valence-corrected chi connectivity index (χ3v) is 2.98. The van der Waals surface area contributed by atoms with Gasteiger partial charge in [-0.1, -0.05) is 0 Å². The molecule has 1 atom stereocenters. The first kappa shape index (κ1) is 6.62. The van der Waals surface area contributed by atoms with Crippen LogP contribution < -0.4 is 0 Å². The highest BCUT2D eigenvalue weighted by Crippen LogP contribution is 2.54. The van der Waals surface area contributed by atoms with Crippen LogP contribution in [0.1, 0.15) is 19.3 Å². The largest absolute Gasteiger partial charge is 0.381 e. The summed E-state index contributed by atoms with van der Waals surface area (Å²) in [4.78, 5) is 0. The van der Waals surface area contributed by atoms with Crippen molar-refractivity contribution in [1.82, 2.24) is 0 Å². The van der Waals surface area contributed by atoms with E-state index < -0.39 is 0 Å². The minimum absolute atomic E-state index is 0.126. The number of rotatable bonds is 2. The summed E-state index contributed by atoms with van der Waals surface area (Å²) in [5, 5.41) is 10.7. The van der Waals surface area contributed by atoms with Gasteiger partial charge in [0.1, 0.15) is 0 Å². The molecule has 0 bridgehead atoms. The summed E-state index contributed by atoms with van der Waals surface area (Å²) in [7, 11) is 0. The van der Waals surface area contributed by atoms with Crippen LogP contribution in [-0.4, -0.2) is 19.8 Å². The van der Waals surface area contributed by atoms with E-state index in [2.05, 4.69) is 0 Å². The lowest BCUT2D eigenvalue weighted by Crippen LogP contribution is -2.19. The van der Waals surface area contributed by atoms with Gasteiger partial charge in [0.25, 0.3) is 0 Å². The van der Waals surface area contributed by atoms with Crippen molar-refractivity contribution in [3.05, 3.63) is 0 Å². The van der Waals surface area contributed by atoms with Crippen LogP contribution >= 0.6 is 0 Å². The normalized spacial score (nSPS) is 36.3. The van der Waals surface area contributed by atoms with E-state index in [1.54, 1.807) is 0 Å². The van der Waals surface area contributed by atoms with E-state index in [4.69, 9.17) is 4.74 Å². The molecule has 2 aliphatic rings. The predicted molar refractivity (Wildman–Crippen MR) is 36.1 cm³/mol. The first-order chi connectivity index (χ1) is 4.87. The highest BCUT2D eigenvalue weighted by Gasteiger charge is 2.50. The van der Waals surface area contributed by atoms with Crippen LogP contribution in [-0.2, 0) is 9.84 Å². The Morgan fingerprint density at radius 3 is 2.70 bits per heavy atom. The number of ether oxygens (including phenoxy) is 1. The quantitative estimate of drug-likeness (QED) is 0.568. The summed E-state index contributed by atoms with van der Waals surface area (Å²) in [5.41, 5.74) is 0.191. The van der Waals surface area contributed by atoms with Gasteiger partial charge in [0, 0.05) is 12.0 Å². The summed E-state index contributed by atoms with van der Waals surface area (Å²) >= 11 is 0. The second-order valence-electron chi connectivity index (χ2n) is 3.57. The van der Waals surface area contributed by atoms with E-state index in [0.717, 1.165) is 32.5 Å². The minimum Gasteiger partial charge on any atom is -0.381 e. The molecule has 1 aliphatic heterocycles. The molecule has 1 radical (unpaired) electrons. The highest BCUT2D eigenvalue weighted by atomic mass is 16.5. The lowest BCUT2D eigenvalue weighted by molar-refractivity contribution is 0.0838. The summed E-state index contributed by atoms with van der Waals surface area (Å²) < 4.78 is 5.25. The monoisotopic (exact) mass is 141 g/mol. The van der Waals surface area contributed by atoms with Crippen LogP contribution in [0, 0.1) is 11.3 Å². The molecule has 1 saturated heterocycles. The Labute approximate surface area is 61.2 Å². The first-order valence-electron chi connectivity index (χ1n) is 4.03. The van der Waals surface area contributed by atoms with E-state index in [9.17, 15) is 5.11 Å². The Kier molecular flexibility index (Phi) is 1.46. The first-order valence-corrected chi connectivity index (χ1v) is 4.03. The van der Waals surface area contributed by atoms with Crippen LogP contribution in [0.2, 0.25) is 0 Å². The van der Waals surface area contributed by atoms with Gasteiger partial charge in [0.2, 0.25) is 0 Å². The van der Waals surface area contributed by atoms with Crippen molar-refractivity contribution in [3.8, 4) is 0 Å². The van der Waals surface area contributed by atoms with Gasteiger partial charge in [-0.05, 0) is 25.2 Å². The lowest BCUT2D eigenvalue weighted by atomic mass is 9.89. The van der Waals surface area contributed by atoms with Crippen molar-refractivity contribution in [2.45, 2.75) is 19.3 Å². The van der Waals surface area contributed by atoms with Crippen molar-refractivity contribution in [2.24, 2.45) is 11.3 Å². The van der Waals surface area contributed by atoms with Crippen LogP contribution in [0.25, 0.3) is 0 Å². The second-order valence-corrected chi connectivity index (χ2v) is 3.57. The maximum atomic E-state index is 10.7. The fourth-order valence-corrected chi connectivity index (χ4v) is 1.85. The Balaban J connectivity index is 1.96. The molecule has 10 heavy (non-hydrogen) atoms. The molecule has 1 saturated carbocycles. The van der Waals surface area contributed by atoms with Crippen LogP contribution in [0.5, 0.6) is 0 Å². The lowest BCUT2D eigenvalue weighted by Gasteiger charge is -2.16. The average Bonchev–Trinajstić information content (AvgIpc) is 2.58. The molecule has 57 valence electrons. The molecular weight excluding hydrogens is 128 g/mol. The standard InChI is InChI=1S/C8H13O2/c9-6-8(2-3-8)7-1-4-10-5-7/h7H,1-6H2. The van der Waals surface area contributed by atoms with E-state index >= 15 is 0 Å². The van der Waals surface area contributed by atoms with E-state index in [0.29, 0.717) is 5.92 Å². The zero-order valence-corrected chi connectivity index (χ0v) is 6.14. The summed E-state index contributed by atoms with van der Waals surface area (Å²) in [6, 6.07) is 0. The zero-order chi connectivity index (χ0) is 7.03. The van der Waals surface area contributed by atoms with Crippen molar-refractivity contribution in [3.63, 3.8) is 0 Å². The maximum absolute atomic E-state index is 10.7. The zero-order valence-electron chi connectivity index (χ0n) is 6.14. The van der Waals surface area contributed by atoms with Gasteiger partial charge in [0.15, 0.2) is 0 Å². The number of hydrogen-bond acceptors (Lipinski definition) is 1. The minimum atomic E-state index is 0.126. The summed E-state index contributed by atoms with van der Waals surface area (Å²) in [6.45, 7) is 1.86. The second kappa shape index (κ2) is 2.21. The molecule has 0 aromatic rings. The Bertz CT molecular complexity index is 123. The van der Waals surface area contributed by atoms with Gasteiger partial charge in [-0.25, -0.2) is 5.11 Å². The molecule has 0 N–H and O–H groups in total. The fourth-order valence-electron chi connectivity index (χ4n) is 1.85. The fraction of sp³-hybridized carbons (Fsp3) is 1.00. The molecule has 0 aromatic carbocycles. The van der Waals surface area contributed by atoms with E-state index in [-0.39, 0.29) is 12.0 Å². The van der Waals surface area contributed by atoms with Crippen molar-refractivity contribution in [1.29, 1.82) is 0 Å². The molecule has 1 unspecified atom stereocenters. The molecule has 2 nitrogen and oxygen atoms in total. The Morgan fingerprint density at radius 2 is 2.30 bits per heavy atom. The molecule has 1 aliphatic carbocycles. The van der Waals surface area contributed by atoms with Gasteiger partial charge >= 0.3 is 0 Å². The molecular formula is C8H13O2. The third kappa shape index (κ3) is 0.867. The van der Waals surface area contributed by atoms with Crippen molar-refractivity contribution < 1.29 is 9.84 Å². The maximum Gasteiger partial charge on any atom is 0.0882 e. The summed E-state index contributed by atoms with van der Waals surface area (Å²) in [5.74, 6) is 0.602. The molecule has 2 heteroatoms. The van der Waals surface area contributed by atoms with Gasteiger partial charge in [-0.3, -0.25) is 0 Å². The van der Waals surface area contributed by atoms with Crippen molar-refractivity contribution in [2.75, 3.05) is 19.8 Å². The summed E-state index contributed by atoms with van der Waals surface area (Å²) in [6.07, 6.45) is 3.44. The predicted octanol–water partition coefficient (Wildman–Crippen LogP) is 1.23. The van der Waals surface area contributed by atoms with E-state index in [1.807, 2.05) is 0 Å². The van der Waals surface area contributed by atoms with Crippen LogP contribution in [0.4, 0.5) is 0 Å². The molecule has 0 aromatic heterocycles.